The molecule has 0 saturated carbocycles. The molecule has 3 amide bonds. The van der Waals surface area contributed by atoms with Gasteiger partial charge < -0.3 is 9.64 Å². The van der Waals surface area contributed by atoms with Crippen molar-refractivity contribution in [1.29, 1.82) is 0 Å². The average Bonchev–Trinajstić information content (AvgIpc) is 2.82. The number of hydrogen-bond acceptors (Lipinski definition) is 4. The lowest BCUT2D eigenvalue weighted by Crippen LogP contribution is -2.48. The number of benzene rings is 1. The molecule has 2 aliphatic rings. The maximum absolute atomic E-state index is 12.8. The van der Waals surface area contributed by atoms with Crippen LogP contribution in [0.1, 0.15) is 65.2 Å². The van der Waals surface area contributed by atoms with E-state index >= 15 is 0 Å². The Balaban J connectivity index is 1.81. The van der Waals surface area contributed by atoms with E-state index in [2.05, 4.69) is 13.8 Å². The molecule has 1 saturated heterocycles. The first kappa shape index (κ1) is 18.6. The summed E-state index contributed by atoms with van der Waals surface area (Å²) < 4.78 is 5.67. The van der Waals surface area contributed by atoms with Crippen molar-refractivity contribution in [3.63, 3.8) is 0 Å². The van der Waals surface area contributed by atoms with Crippen LogP contribution in [-0.4, -0.2) is 59.4 Å². The lowest BCUT2D eigenvalue weighted by Gasteiger charge is -2.35. The Labute approximate surface area is 154 Å². The molecule has 2 heterocycles. The summed E-state index contributed by atoms with van der Waals surface area (Å²) in [6, 6.07) is 4.81. The van der Waals surface area contributed by atoms with Crippen molar-refractivity contribution in [3.05, 3.63) is 34.9 Å². The fourth-order valence-electron chi connectivity index (χ4n) is 3.54. The summed E-state index contributed by atoms with van der Waals surface area (Å²) in [6.45, 7) is 9.44. The summed E-state index contributed by atoms with van der Waals surface area (Å²) in [5, 5.41) is 0. The van der Waals surface area contributed by atoms with Crippen molar-refractivity contribution in [1.82, 2.24) is 9.80 Å². The zero-order chi connectivity index (χ0) is 19.0. The highest BCUT2D eigenvalue weighted by Crippen LogP contribution is 2.26. The molecule has 3 rings (SSSR count). The van der Waals surface area contributed by atoms with Gasteiger partial charge in [0, 0.05) is 25.2 Å². The number of carbonyl (C=O) groups is 3. The van der Waals surface area contributed by atoms with Crippen LogP contribution in [-0.2, 0) is 4.74 Å². The van der Waals surface area contributed by atoms with E-state index in [1.165, 1.54) is 4.90 Å². The van der Waals surface area contributed by atoms with E-state index in [4.69, 9.17) is 4.74 Å². The molecule has 1 aromatic carbocycles. The number of amides is 3. The van der Waals surface area contributed by atoms with Crippen molar-refractivity contribution in [3.8, 4) is 0 Å². The third-order valence-corrected chi connectivity index (χ3v) is 4.85. The normalized spacial score (nSPS) is 23.0. The maximum Gasteiger partial charge on any atom is 0.261 e. The van der Waals surface area contributed by atoms with E-state index in [-0.39, 0.29) is 29.9 Å². The smallest absolute Gasteiger partial charge is 0.261 e. The highest BCUT2D eigenvalue weighted by Gasteiger charge is 2.36. The molecule has 26 heavy (non-hydrogen) atoms. The zero-order valence-electron chi connectivity index (χ0n) is 15.8. The molecule has 6 nitrogen and oxygen atoms in total. The number of hydrogen-bond donors (Lipinski definition) is 0. The van der Waals surface area contributed by atoms with Gasteiger partial charge in [0.15, 0.2) is 0 Å². The van der Waals surface area contributed by atoms with Crippen LogP contribution < -0.4 is 0 Å². The predicted molar refractivity (Wildman–Crippen MR) is 97.2 cm³/mol. The first-order valence-corrected chi connectivity index (χ1v) is 9.23. The van der Waals surface area contributed by atoms with Gasteiger partial charge in [-0.3, -0.25) is 19.3 Å². The summed E-state index contributed by atoms with van der Waals surface area (Å²) in [5.74, 6) is -0.292. The van der Waals surface area contributed by atoms with E-state index in [9.17, 15) is 14.4 Å². The Morgan fingerprint density at radius 1 is 1.12 bits per heavy atom. The van der Waals surface area contributed by atoms with E-state index in [0.29, 0.717) is 42.2 Å². The minimum Gasteiger partial charge on any atom is -0.372 e. The van der Waals surface area contributed by atoms with Gasteiger partial charge in [0.1, 0.15) is 0 Å². The van der Waals surface area contributed by atoms with Crippen LogP contribution >= 0.6 is 0 Å². The van der Waals surface area contributed by atoms with Crippen molar-refractivity contribution in [2.24, 2.45) is 5.92 Å². The second-order valence-corrected chi connectivity index (χ2v) is 7.67. The van der Waals surface area contributed by atoms with Gasteiger partial charge in [-0.05, 0) is 44.4 Å². The maximum atomic E-state index is 12.8. The summed E-state index contributed by atoms with van der Waals surface area (Å²) in [5.41, 5.74) is 1.16. The first-order chi connectivity index (χ1) is 12.3. The van der Waals surface area contributed by atoms with Crippen LogP contribution in [0.5, 0.6) is 0 Å². The lowest BCUT2D eigenvalue weighted by molar-refractivity contribution is -0.0586. The third-order valence-electron chi connectivity index (χ3n) is 4.85. The Hall–Kier alpha value is -2.21. The molecule has 2 aliphatic heterocycles. The van der Waals surface area contributed by atoms with Crippen LogP contribution in [0.25, 0.3) is 0 Å². The zero-order valence-corrected chi connectivity index (χ0v) is 15.8. The van der Waals surface area contributed by atoms with Gasteiger partial charge in [-0.25, -0.2) is 0 Å². The molecule has 0 radical (unpaired) electrons. The minimum absolute atomic E-state index is 0.0214. The molecule has 140 valence electrons. The number of ether oxygens (including phenoxy) is 1. The van der Waals surface area contributed by atoms with E-state index in [1.807, 2.05) is 13.8 Å². The van der Waals surface area contributed by atoms with Crippen LogP contribution in [0.3, 0.4) is 0 Å². The van der Waals surface area contributed by atoms with Crippen molar-refractivity contribution in [2.75, 3.05) is 19.6 Å². The molecule has 1 fully saturated rings. The second-order valence-electron chi connectivity index (χ2n) is 7.67. The molecule has 0 bridgehead atoms. The number of carbonyl (C=O) groups excluding carboxylic acids is 3. The molecule has 2 atom stereocenters. The number of fused-ring (bicyclic) bond motifs is 1. The predicted octanol–water partition coefficient (Wildman–Crippen LogP) is 2.58. The molecule has 1 aromatic rings. The third kappa shape index (κ3) is 3.51. The van der Waals surface area contributed by atoms with Gasteiger partial charge >= 0.3 is 0 Å². The molecular weight excluding hydrogens is 332 g/mol. The van der Waals surface area contributed by atoms with E-state index < -0.39 is 0 Å². The van der Waals surface area contributed by atoms with Crippen LogP contribution in [0.4, 0.5) is 0 Å². The molecule has 2 unspecified atom stereocenters. The number of imide groups is 1. The molecular formula is C20H26N2O4. The topological polar surface area (TPSA) is 66.9 Å². The van der Waals surface area contributed by atoms with Crippen molar-refractivity contribution in [2.45, 2.75) is 46.3 Å². The van der Waals surface area contributed by atoms with Gasteiger partial charge in [-0.2, -0.15) is 0 Å². The van der Waals surface area contributed by atoms with Crippen LogP contribution in [0, 0.1) is 5.92 Å². The Morgan fingerprint density at radius 3 is 2.35 bits per heavy atom. The highest BCUT2D eigenvalue weighted by molar-refractivity contribution is 6.22. The van der Waals surface area contributed by atoms with E-state index in [1.54, 1.807) is 23.1 Å². The van der Waals surface area contributed by atoms with Crippen molar-refractivity contribution < 1.29 is 19.1 Å². The van der Waals surface area contributed by atoms with Gasteiger partial charge in [-0.1, -0.05) is 13.8 Å². The largest absolute Gasteiger partial charge is 0.372 e. The fourth-order valence-corrected chi connectivity index (χ4v) is 3.54. The number of nitrogens with zero attached hydrogens (tertiary/aromatic N) is 2. The standard InChI is InChI=1S/C20H26N2O4/c1-12(2)7-8-22-19(24)16-6-5-15(9-17(16)20(22)25)18(23)21-10-13(3)26-14(4)11-21/h5-6,9,12-14H,7-8,10-11H2,1-4H3. The lowest BCUT2D eigenvalue weighted by atomic mass is 10.0. The molecule has 0 spiro atoms. The molecule has 0 N–H and O–H groups in total. The molecule has 6 heteroatoms. The highest BCUT2D eigenvalue weighted by atomic mass is 16.5. The van der Waals surface area contributed by atoms with Gasteiger partial charge in [0.2, 0.25) is 0 Å². The number of morpholine rings is 1. The van der Waals surface area contributed by atoms with Crippen molar-refractivity contribution >= 4 is 17.7 Å². The average molecular weight is 358 g/mol. The fraction of sp³-hybridized carbons (Fsp3) is 0.550. The molecule has 0 aromatic heterocycles. The Kier molecular flexibility index (Phi) is 5.14. The number of rotatable bonds is 4. The summed E-state index contributed by atoms with van der Waals surface area (Å²) in [7, 11) is 0. The van der Waals surface area contributed by atoms with Crippen LogP contribution in [0.15, 0.2) is 18.2 Å². The molecule has 0 aliphatic carbocycles. The van der Waals surface area contributed by atoms with Crippen LogP contribution in [0.2, 0.25) is 0 Å². The quantitative estimate of drug-likeness (QED) is 0.776. The summed E-state index contributed by atoms with van der Waals surface area (Å²) >= 11 is 0. The Morgan fingerprint density at radius 2 is 1.73 bits per heavy atom. The first-order valence-electron chi connectivity index (χ1n) is 9.23. The minimum atomic E-state index is -0.302. The van der Waals surface area contributed by atoms with E-state index in [0.717, 1.165) is 6.42 Å². The summed E-state index contributed by atoms with van der Waals surface area (Å²) in [4.78, 5) is 41.0. The summed E-state index contributed by atoms with van der Waals surface area (Å²) in [6.07, 6.45) is 0.722. The van der Waals surface area contributed by atoms with Gasteiger partial charge in [0.25, 0.3) is 17.7 Å². The second kappa shape index (κ2) is 7.19. The monoisotopic (exact) mass is 358 g/mol. The SMILES string of the molecule is CC(C)CCN1C(=O)c2ccc(C(=O)N3CC(C)OC(C)C3)cc2C1=O. The van der Waals surface area contributed by atoms with Gasteiger partial charge in [0.05, 0.1) is 23.3 Å². The Bertz CT molecular complexity index is 733. The van der Waals surface area contributed by atoms with Gasteiger partial charge in [-0.15, -0.1) is 0 Å².